The first-order valence-electron chi connectivity index (χ1n) is 17.0. The zero-order chi connectivity index (χ0) is 36.2. The van der Waals surface area contributed by atoms with Gasteiger partial charge in [-0.05, 0) is 61.4 Å². The van der Waals surface area contributed by atoms with E-state index in [2.05, 4.69) is 45.3 Å². The van der Waals surface area contributed by atoms with E-state index in [1.54, 1.807) is 18.5 Å². The third-order valence-corrected chi connectivity index (χ3v) is 9.58. The van der Waals surface area contributed by atoms with Crippen LogP contribution < -0.4 is 25.2 Å². The van der Waals surface area contributed by atoms with Crippen LogP contribution in [0.5, 0.6) is 5.75 Å². The van der Waals surface area contributed by atoms with Crippen molar-refractivity contribution in [1.29, 1.82) is 0 Å². The number of carbonyl (C=O) groups excluding carboxylic acids is 3. The van der Waals surface area contributed by atoms with Gasteiger partial charge in [-0.2, -0.15) is 5.10 Å². The number of benzene rings is 1. The van der Waals surface area contributed by atoms with Crippen molar-refractivity contribution < 1.29 is 27.9 Å². The van der Waals surface area contributed by atoms with Gasteiger partial charge in [0.2, 0.25) is 5.91 Å². The Bertz CT molecular complexity index is 1880. The summed E-state index contributed by atoms with van der Waals surface area (Å²) in [7, 11) is 0. The van der Waals surface area contributed by atoms with Gasteiger partial charge in [0.25, 0.3) is 5.91 Å². The van der Waals surface area contributed by atoms with E-state index < -0.39 is 17.5 Å². The molecule has 3 fully saturated rings. The molecule has 0 atom stereocenters. The highest BCUT2D eigenvalue weighted by molar-refractivity contribution is 6.20. The zero-order valence-corrected chi connectivity index (χ0v) is 28.9. The number of carbonyl (C=O) groups is 3. The van der Waals surface area contributed by atoms with E-state index in [1.807, 2.05) is 18.2 Å². The smallest absolute Gasteiger partial charge is 0.420 e. The molecule has 0 unspecified atom stereocenters. The Morgan fingerprint density at radius 1 is 0.962 bits per heavy atom. The molecule has 3 saturated heterocycles. The van der Waals surface area contributed by atoms with Crippen molar-refractivity contribution in [3.8, 4) is 17.0 Å². The number of pyridine rings is 2. The monoisotopic (exact) mass is 734 g/mol. The molecule has 0 bridgehead atoms. The van der Waals surface area contributed by atoms with Gasteiger partial charge in [-0.15, -0.1) is 8.78 Å². The van der Waals surface area contributed by atoms with Gasteiger partial charge in [-0.1, -0.05) is 0 Å². The SMILES string of the molecule is O=C1CCN(c2ccc(CN3CCC(N4CCN(c5ncc(C(=O)Nc6ccc(OC(F)(F)Cl)cc6)cc5-c5cc[nH]n5)CC4)CC3)nc2)C(=O)N1. The standard InChI is InChI=1S/C35H37ClF2N10O4/c36-35(37,38)52-28-5-2-24(3-6-28)42-33(50)23-19-29(30-7-11-41-44-30)32(40-20-23)47-17-15-46(16-18-47)26-8-12-45(13-9-26)22-25-1-4-27(21-39-25)48-14-10-31(49)43-34(48)51/h1-7,11,19-21,26H,8-10,12-18,22H2,(H,41,44)(H,42,50)(H,43,49,51). The number of hydrogen-bond acceptors (Lipinski definition) is 10. The fourth-order valence-corrected chi connectivity index (χ4v) is 6.92. The molecule has 0 aliphatic carbocycles. The zero-order valence-electron chi connectivity index (χ0n) is 28.1. The fourth-order valence-electron chi connectivity index (χ4n) is 6.83. The molecule has 3 aliphatic rings. The van der Waals surface area contributed by atoms with Crippen LogP contribution in [0.15, 0.2) is 67.1 Å². The Kier molecular flexibility index (Phi) is 10.3. The number of nitrogens with zero attached hydrogens (tertiary/aromatic N) is 7. The molecule has 4 aromatic rings. The topological polar surface area (TPSA) is 152 Å². The average Bonchev–Trinajstić information content (AvgIpc) is 3.68. The van der Waals surface area contributed by atoms with Crippen LogP contribution in [-0.2, 0) is 11.3 Å². The Morgan fingerprint density at radius 3 is 2.38 bits per heavy atom. The van der Waals surface area contributed by atoms with Gasteiger partial charge in [0, 0.05) is 100 Å². The minimum Gasteiger partial charge on any atom is -0.420 e. The van der Waals surface area contributed by atoms with Crippen LogP contribution in [0.4, 0.5) is 30.8 Å². The van der Waals surface area contributed by atoms with E-state index in [4.69, 9.17) is 16.6 Å². The maximum atomic E-state index is 13.2. The number of halogens is 3. The number of urea groups is 1. The Hall–Kier alpha value is -5.19. The van der Waals surface area contributed by atoms with Crippen molar-refractivity contribution in [3.63, 3.8) is 0 Å². The van der Waals surface area contributed by atoms with E-state index >= 15 is 0 Å². The highest BCUT2D eigenvalue weighted by Gasteiger charge is 2.30. The lowest BCUT2D eigenvalue weighted by Gasteiger charge is -2.43. The van der Waals surface area contributed by atoms with Crippen LogP contribution in [0.3, 0.4) is 0 Å². The lowest BCUT2D eigenvalue weighted by molar-refractivity contribution is -0.120. The van der Waals surface area contributed by atoms with Gasteiger partial charge < -0.3 is 15.0 Å². The van der Waals surface area contributed by atoms with E-state index in [9.17, 15) is 23.2 Å². The number of imide groups is 1. The number of amides is 4. The van der Waals surface area contributed by atoms with Gasteiger partial charge in [0.15, 0.2) is 0 Å². The van der Waals surface area contributed by atoms with E-state index in [0.29, 0.717) is 35.2 Å². The van der Waals surface area contributed by atoms with Crippen LogP contribution in [-0.4, -0.2) is 105 Å². The van der Waals surface area contributed by atoms with Gasteiger partial charge in [-0.25, -0.2) is 9.78 Å². The molecule has 1 aromatic carbocycles. The molecule has 3 aliphatic heterocycles. The van der Waals surface area contributed by atoms with Crippen molar-refractivity contribution in [2.24, 2.45) is 0 Å². The van der Waals surface area contributed by atoms with E-state index in [1.165, 1.54) is 35.4 Å². The molecule has 6 heterocycles. The molecule has 52 heavy (non-hydrogen) atoms. The van der Waals surface area contributed by atoms with Gasteiger partial charge in [0.05, 0.1) is 28.8 Å². The van der Waals surface area contributed by atoms with Crippen molar-refractivity contribution in [2.75, 3.05) is 60.9 Å². The van der Waals surface area contributed by atoms with Crippen molar-refractivity contribution in [3.05, 3.63) is 78.4 Å². The predicted octanol–water partition coefficient (Wildman–Crippen LogP) is 4.52. The molecule has 0 spiro atoms. The lowest BCUT2D eigenvalue weighted by Crippen LogP contribution is -2.53. The molecule has 0 saturated carbocycles. The second-order valence-corrected chi connectivity index (χ2v) is 13.3. The molecule has 17 heteroatoms. The molecule has 3 aromatic heterocycles. The van der Waals surface area contributed by atoms with E-state index in [0.717, 1.165) is 75.7 Å². The Balaban J connectivity index is 0.920. The first kappa shape index (κ1) is 35.2. The molecule has 4 amide bonds. The third kappa shape index (κ3) is 8.46. The number of piperidine rings is 1. The normalized spacial score (nSPS) is 18.0. The number of likely N-dealkylation sites (tertiary alicyclic amines) is 1. The summed E-state index contributed by atoms with van der Waals surface area (Å²) >= 11 is 4.83. The summed E-state index contributed by atoms with van der Waals surface area (Å²) in [4.78, 5) is 54.8. The summed E-state index contributed by atoms with van der Waals surface area (Å²) in [6.45, 7) is 6.29. The molecular weight excluding hydrogens is 698 g/mol. The summed E-state index contributed by atoms with van der Waals surface area (Å²) in [5.41, 5.74) is -0.127. The number of alkyl halides is 3. The highest BCUT2D eigenvalue weighted by Crippen LogP contribution is 2.31. The molecule has 14 nitrogen and oxygen atoms in total. The van der Waals surface area contributed by atoms with Crippen LogP contribution in [0.1, 0.15) is 35.3 Å². The lowest BCUT2D eigenvalue weighted by atomic mass is 10.0. The second-order valence-electron chi connectivity index (χ2n) is 12.9. The predicted molar refractivity (Wildman–Crippen MR) is 189 cm³/mol. The number of nitrogens with one attached hydrogen (secondary N) is 3. The van der Waals surface area contributed by atoms with E-state index in [-0.39, 0.29) is 18.1 Å². The summed E-state index contributed by atoms with van der Waals surface area (Å²) < 4.78 is 30.2. The third-order valence-electron chi connectivity index (χ3n) is 9.50. The van der Waals surface area contributed by atoms with Crippen LogP contribution >= 0.6 is 11.6 Å². The van der Waals surface area contributed by atoms with Gasteiger partial charge in [-0.3, -0.25) is 39.7 Å². The number of H-pyrrole nitrogens is 1. The minimum atomic E-state index is -3.83. The fraction of sp³-hybridized carbons (Fsp3) is 0.371. The Labute approximate surface area is 303 Å². The van der Waals surface area contributed by atoms with Gasteiger partial charge in [0.1, 0.15) is 11.6 Å². The number of aromatic amines is 1. The van der Waals surface area contributed by atoms with Crippen LogP contribution in [0.25, 0.3) is 11.3 Å². The molecule has 7 rings (SSSR count). The number of anilines is 3. The Morgan fingerprint density at radius 2 is 1.73 bits per heavy atom. The molecule has 0 radical (unpaired) electrons. The van der Waals surface area contributed by atoms with Crippen molar-refractivity contribution in [1.82, 2.24) is 35.3 Å². The largest absolute Gasteiger partial charge is 0.487 e. The van der Waals surface area contributed by atoms with Gasteiger partial charge >= 0.3 is 11.6 Å². The summed E-state index contributed by atoms with van der Waals surface area (Å²) in [6.07, 6.45) is 7.32. The summed E-state index contributed by atoms with van der Waals surface area (Å²) in [5.74, 6) is -0.0696. The number of aromatic nitrogens is 4. The second kappa shape index (κ2) is 15.2. The van der Waals surface area contributed by atoms with Crippen molar-refractivity contribution in [2.45, 2.75) is 37.4 Å². The first-order valence-corrected chi connectivity index (χ1v) is 17.4. The first-order chi connectivity index (χ1) is 25.1. The number of ether oxygens (including phenoxy) is 1. The maximum Gasteiger partial charge on any atom is 0.487 e. The minimum absolute atomic E-state index is 0.139. The maximum absolute atomic E-state index is 13.2. The van der Waals surface area contributed by atoms with Crippen LogP contribution in [0, 0.1) is 0 Å². The summed E-state index contributed by atoms with van der Waals surface area (Å²) in [6, 6.07) is 12.9. The molecule has 272 valence electrons. The quantitative estimate of drug-likeness (QED) is 0.199. The van der Waals surface area contributed by atoms with Crippen LogP contribution in [0.2, 0.25) is 0 Å². The van der Waals surface area contributed by atoms with Crippen molar-refractivity contribution >= 4 is 46.6 Å². The number of piperazine rings is 1. The highest BCUT2D eigenvalue weighted by atomic mass is 35.5. The molecular formula is C35H37ClF2N10O4. The summed E-state index contributed by atoms with van der Waals surface area (Å²) in [5, 5.41) is 12.3. The number of hydrogen-bond donors (Lipinski definition) is 3. The number of rotatable bonds is 10. The average molecular weight is 735 g/mol. The molecule has 3 N–H and O–H groups in total.